The molecule has 0 bridgehead atoms. The average molecular weight is 440 g/mol. The van der Waals surface area contributed by atoms with Gasteiger partial charge in [-0.1, -0.05) is 30.0 Å². The lowest BCUT2D eigenvalue weighted by Crippen LogP contribution is -2.35. The van der Waals surface area contributed by atoms with Crippen molar-refractivity contribution in [1.29, 1.82) is 0 Å². The zero-order valence-corrected chi connectivity index (χ0v) is 18.0. The van der Waals surface area contributed by atoms with E-state index in [9.17, 15) is 4.79 Å². The topological polar surface area (TPSA) is 85.4 Å². The van der Waals surface area contributed by atoms with Crippen LogP contribution in [0, 0.1) is 0 Å². The van der Waals surface area contributed by atoms with Crippen LogP contribution >= 0.6 is 11.8 Å². The fourth-order valence-corrected chi connectivity index (χ4v) is 4.06. The second-order valence-electron chi connectivity index (χ2n) is 7.11. The summed E-state index contributed by atoms with van der Waals surface area (Å²) in [5.74, 6) is 1.37. The highest BCUT2D eigenvalue weighted by Crippen LogP contribution is 2.24. The van der Waals surface area contributed by atoms with Crippen LogP contribution < -0.4 is 5.32 Å². The van der Waals surface area contributed by atoms with Crippen molar-refractivity contribution in [3.63, 3.8) is 0 Å². The summed E-state index contributed by atoms with van der Waals surface area (Å²) in [5, 5.41) is 12.0. The zero-order chi connectivity index (χ0) is 21.5. The summed E-state index contributed by atoms with van der Waals surface area (Å²) < 4.78 is 12.7. The van der Waals surface area contributed by atoms with Gasteiger partial charge >= 0.3 is 0 Å². The number of nitrogens with zero attached hydrogens (tertiary/aromatic N) is 4. The van der Waals surface area contributed by atoms with Crippen LogP contribution in [0.15, 0.2) is 64.9 Å². The van der Waals surface area contributed by atoms with Crippen LogP contribution in [0.3, 0.4) is 0 Å². The SMILES string of the molecule is C=CCn1c(SCC(=O)Nc2ccc(CN3CCOCC3)cc2)nnc1-c1ccco1. The van der Waals surface area contributed by atoms with E-state index < -0.39 is 0 Å². The third kappa shape index (κ3) is 5.63. The van der Waals surface area contributed by atoms with Gasteiger partial charge in [-0.05, 0) is 29.8 Å². The van der Waals surface area contributed by atoms with Crippen LogP contribution in [-0.4, -0.2) is 57.6 Å². The Morgan fingerprint density at radius 1 is 1.19 bits per heavy atom. The molecule has 0 atom stereocenters. The van der Waals surface area contributed by atoms with Crippen molar-refractivity contribution >= 4 is 23.4 Å². The number of carbonyl (C=O) groups is 1. The molecule has 0 unspecified atom stereocenters. The van der Waals surface area contributed by atoms with E-state index in [1.54, 1.807) is 18.4 Å². The van der Waals surface area contributed by atoms with Crippen molar-refractivity contribution in [3.05, 3.63) is 60.9 Å². The van der Waals surface area contributed by atoms with Crippen molar-refractivity contribution in [3.8, 4) is 11.6 Å². The number of anilines is 1. The summed E-state index contributed by atoms with van der Waals surface area (Å²) in [6.45, 7) is 8.69. The van der Waals surface area contributed by atoms with E-state index in [1.807, 2.05) is 22.8 Å². The van der Waals surface area contributed by atoms with Gasteiger partial charge in [-0.2, -0.15) is 0 Å². The number of morpholine rings is 1. The van der Waals surface area contributed by atoms with Crippen molar-refractivity contribution in [2.45, 2.75) is 18.2 Å². The quantitative estimate of drug-likeness (QED) is 0.404. The number of nitrogens with one attached hydrogen (secondary N) is 1. The number of rotatable bonds is 9. The van der Waals surface area contributed by atoms with E-state index in [0.29, 0.717) is 23.3 Å². The van der Waals surface area contributed by atoms with E-state index >= 15 is 0 Å². The minimum atomic E-state index is -0.0985. The number of benzene rings is 1. The van der Waals surface area contributed by atoms with Gasteiger partial charge in [0.1, 0.15) is 0 Å². The first kappa shape index (κ1) is 21.4. The molecule has 0 saturated carbocycles. The average Bonchev–Trinajstić information content (AvgIpc) is 3.45. The lowest BCUT2D eigenvalue weighted by atomic mass is 10.2. The van der Waals surface area contributed by atoms with Crippen LogP contribution in [0.4, 0.5) is 5.69 Å². The van der Waals surface area contributed by atoms with Gasteiger partial charge in [0.25, 0.3) is 0 Å². The Labute approximate surface area is 185 Å². The maximum atomic E-state index is 12.4. The highest BCUT2D eigenvalue weighted by molar-refractivity contribution is 7.99. The van der Waals surface area contributed by atoms with Gasteiger partial charge in [0, 0.05) is 31.9 Å². The van der Waals surface area contributed by atoms with Crippen molar-refractivity contribution in [2.24, 2.45) is 0 Å². The smallest absolute Gasteiger partial charge is 0.234 e. The largest absolute Gasteiger partial charge is 0.461 e. The maximum absolute atomic E-state index is 12.4. The van der Waals surface area contributed by atoms with Crippen LogP contribution in [0.5, 0.6) is 0 Å². The van der Waals surface area contributed by atoms with Gasteiger partial charge in [0.15, 0.2) is 10.9 Å². The summed E-state index contributed by atoms with van der Waals surface area (Å²) in [7, 11) is 0. The molecule has 1 N–H and O–H groups in total. The second kappa shape index (κ2) is 10.4. The van der Waals surface area contributed by atoms with Gasteiger partial charge in [0.05, 0.1) is 25.2 Å². The van der Waals surface area contributed by atoms with Crippen molar-refractivity contribution in [1.82, 2.24) is 19.7 Å². The van der Waals surface area contributed by atoms with Gasteiger partial charge < -0.3 is 14.5 Å². The molecule has 8 nitrogen and oxygen atoms in total. The Morgan fingerprint density at radius 2 is 2.00 bits per heavy atom. The normalized spacial score (nSPS) is 14.5. The highest BCUT2D eigenvalue weighted by atomic mass is 32.2. The summed E-state index contributed by atoms with van der Waals surface area (Å²) >= 11 is 1.33. The van der Waals surface area contributed by atoms with E-state index in [2.05, 4.69) is 39.1 Å². The Balaban J connectivity index is 1.31. The standard InChI is InChI=1S/C22H25N5O3S/c1-2-9-27-21(19-4-3-12-30-19)24-25-22(27)31-16-20(28)23-18-7-5-17(6-8-18)15-26-10-13-29-14-11-26/h2-8,12H,1,9-11,13-16H2,(H,23,28). The fraction of sp³-hybridized carbons (Fsp3) is 0.318. The number of ether oxygens (including phenoxy) is 1. The van der Waals surface area contributed by atoms with Crippen LogP contribution in [0.1, 0.15) is 5.56 Å². The predicted octanol–water partition coefficient (Wildman–Crippen LogP) is 3.29. The van der Waals surface area contributed by atoms with Gasteiger partial charge in [-0.15, -0.1) is 16.8 Å². The second-order valence-corrected chi connectivity index (χ2v) is 8.05. The number of amides is 1. The monoisotopic (exact) mass is 439 g/mol. The molecule has 3 heterocycles. The molecule has 3 aromatic rings. The molecule has 2 aromatic heterocycles. The number of aromatic nitrogens is 3. The molecule has 0 aliphatic carbocycles. The summed E-state index contributed by atoms with van der Waals surface area (Å²) in [6.07, 6.45) is 3.35. The molecule has 1 aliphatic heterocycles. The van der Waals surface area contributed by atoms with Gasteiger partial charge in [-0.3, -0.25) is 14.3 Å². The Hall–Kier alpha value is -2.88. The Kier molecular flexibility index (Phi) is 7.18. The zero-order valence-electron chi connectivity index (χ0n) is 17.2. The molecule has 4 rings (SSSR count). The maximum Gasteiger partial charge on any atom is 0.234 e. The number of thioether (sulfide) groups is 1. The molecule has 0 spiro atoms. The third-order valence-corrected chi connectivity index (χ3v) is 5.82. The minimum absolute atomic E-state index is 0.0985. The number of carbonyl (C=O) groups excluding carboxylic acids is 1. The number of allylic oxidation sites excluding steroid dienone is 1. The molecule has 162 valence electrons. The van der Waals surface area contributed by atoms with E-state index in [0.717, 1.165) is 38.5 Å². The van der Waals surface area contributed by atoms with Crippen LogP contribution in [0.25, 0.3) is 11.6 Å². The molecule has 0 radical (unpaired) electrons. The summed E-state index contributed by atoms with van der Waals surface area (Å²) in [5.41, 5.74) is 2.00. The van der Waals surface area contributed by atoms with E-state index in [-0.39, 0.29) is 11.7 Å². The third-order valence-electron chi connectivity index (χ3n) is 4.85. The molecule has 31 heavy (non-hydrogen) atoms. The Morgan fingerprint density at radius 3 is 2.71 bits per heavy atom. The molecular formula is C22H25N5O3S. The number of hydrogen-bond acceptors (Lipinski definition) is 7. The first-order valence-electron chi connectivity index (χ1n) is 10.1. The van der Waals surface area contributed by atoms with Crippen molar-refractivity contribution in [2.75, 3.05) is 37.4 Å². The molecule has 1 aliphatic rings. The minimum Gasteiger partial charge on any atom is -0.461 e. The molecule has 1 saturated heterocycles. The molecular weight excluding hydrogens is 414 g/mol. The van der Waals surface area contributed by atoms with Gasteiger partial charge in [0.2, 0.25) is 11.7 Å². The molecule has 1 aromatic carbocycles. The van der Waals surface area contributed by atoms with Crippen LogP contribution in [-0.2, 0) is 22.6 Å². The van der Waals surface area contributed by atoms with Gasteiger partial charge in [-0.25, -0.2) is 0 Å². The first-order valence-corrected chi connectivity index (χ1v) is 11.1. The lowest BCUT2D eigenvalue weighted by molar-refractivity contribution is -0.113. The van der Waals surface area contributed by atoms with E-state index in [4.69, 9.17) is 9.15 Å². The first-order chi connectivity index (χ1) is 15.2. The summed E-state index contributed by atoms with van der Waals surface area (Å²) in [4.78, 5) is 14.8. The van der Waals surface area contributed by atoms with E-state index in [1.165, 1.54) is 17.3 Å². The molecule has 1 fully saturated rings. The fourth-order valence-electron chi connectivity index (χ4n) is 3.32. The number of hydrogen-bond donors (Lipinski definition) is 1. The molecule has 9 heteroatoms. The number of furan rings is 1. The lowest BCUT2D eigenvalue weighted by Gasteiger charge is -2.26. The van der Waals surface area contributed by atoms with Crippen LogP contribution in [0.2, 0.25) is 0 Å². The summed E-state index contributed by atoms with van der Waals surface area (Å²) in [6, 6.07) is 11.6. The predicted molar refractivity (Wildman–Crippen MR) is 120 cm³/mol. The van der Waals surface area contributed by atoms with Crippen molar-refractivity contribution < 1.29 is 13.9 Å². The Bertz CT molecular complexity index is 995. The molecule has 1 amide bonds. The highest BCUT2D eigenvalue weighted by Gasteiger charge is 2.17.